The molecule has 0 bridgehead atoms. The van der Waals surface area contributed by atoms with Gasteiger partial charge in [0.25, 0.3) is 0 Å². The van der Waals surface area contributed by atoms with Gasteiger partial charge in [-0.3, -0.25) is 4.79 Å². The molecular weight excluding hydrogens is 348 g/mol. The van der Waals surface area contributed by atoms with E-state index in [0.29, 0.717) is 13.0 Å². The van der Waals surface area contributed by atoms with Crippen molar-refractivity contribution in [3.8, 4) is 0 Å². The van der Waals surface area contributed by atoms with Crippen molar-refractivity contribution in [3.63, 3.8) is 0 Å². The predicted octanol–water partition coefficient (Wildman–Crippen LogP) is 2.71. The molecule has 6 heteroatoms. The van der Waals surface area contributed by atoms with Gasteiger partial charge in [0.15, 0.2) is 15.6 Å². The summed E-state index contributed by atoms with van der Waals surface area (Å²) in [4.78, 5) is 15.1. The molecule has 2 aromatic rings. The topological polar surface area (TPSA) is 59.4 Å². The molecule has 0 aliphatic carbocycles. The fourth-order valence-electron chi connectivity index (χ4n) is 4.43. The second-order valence-electron chi connectivity index (χ2n) is 7.44. The molecule has 4 rings (SSSR count). The fourth-order valence-corrected chi connectivity index (χ4v) is 6.13. The summed E-state index contributed by atoms with van der Waals surface area (Å²) in [6.45, 7) is 5.12. The van der Waals surface area contributed by atoms with E-state index >= 15 is 0 Å². The van der Waals surface area contributed by atoms with Crippen molar-refractivity contribution in [3.05, 3.63) is 52.8 Å². The average Bonchev–Trinajstić information content (AvgIpc) is 3.24. The number of anilines is 1. The summed E-state index contributed by atoms with van der Waals surface area (Å²) in [5.74, 6) is 0.515. The van der Waals surface area contributed by atoms with Crippen LogP contribution < -0.4 is 4.90 Å². The summed E-state index contributed by atoms with van der Waals surface area (Å²) in [5.41, 5.74) is 5.02. The minimum atomic E-state index is -2.95. The van der Waals surface area contributed by atoms with Gasteiger partial charge in [-0.15, -0.1) is 0 Å². The first kappa shape index (κ1) is 17.3. The lowest BCUT2D eigenvalue weighted by Gasteiger charge is -2.19. The number of fused-ring (bicyclic) bond motifs is 1. The van der Waals surface area contributed by atoms with Gasteiger partial charge in [0, 0.05) is 35.2 Å². The summed E-state index contributed by atoms with van der Waals surface area (Å²) >= 11 is 0. The van der Waals surface area contributed by atoms with Crippen LogP contribution >= 0.6 is 0 Å². The SMILES string of the molecule is Cc1cc(C(=O)CN2CCc3ccccc32)c(C)n1[C@@H]1CCS(=O)(=O)C1. The van der Waals surface area contributed by atoms with Crippen molar-refractivity contribution in [1.82, 2.24) is 4.57 Å². The van der Waals surface area contributed by atoms with Crippen molar-refractivity contribution in [2.24, 2.45) is 0 Å². The van der Waals surface area contributed by atoms with Crippen LogP contribution in [0.15, 0.2) is 30.3 Å². The van der Waals surface area contributed by atoms with Gasteiger partial charge >= 0.3 is 0 Å². The Balaban J connectivity index is 1.57. The van der Waals surface area contributed by atoms with E-state index in [9.17, 15) is 13.2 Å². The third-order valence-electron chi connectivity index (χ3n) is 5.68. The molecule has 2 aliphatic heterocycles. The molecule has 0 N–H and O–H groups in total. The van der Waals surface area contributed by atoms with E-state index in [2.05, 4.69) is 21.6 Å². The van der Waals surface area contributed by atoms with Crippen LogP contribution in [0.25, 0.3) is 0 Å². The number of para-hydroxylation sites is 1. The minimum Gasteiger partial charge on any atom is -0.363 e. The number of carbonyl (C=O) groups excluding carboxylic acids is 1. The lowest BCUT2D eigenvalue weighted by molar-refractivity contribution is 0.0998. The molecule has 1 aromatic carbocycles. The molecule has 26 heavy (non-hydrogen) atoms. The van der Waals surface area contributed by atoms with Gasteiger partial charge in [0.05, 0.1) is 18.1 Å². The van der Waals surface area contributed by atoms with Crippen LogP contribution in [0.2, 0.25) is 0 Å². The molecule has 0 spiro atoms. The van der Waals surface area contributed by atoms with E-state index in [4.69, 9.17) is 0 Å². The molecule has 138 valence electrons. The Bertz CT molecular complexity index is 975. The summed E-state index contributed by atoms with van der Waals surface area (Å²) in [6.07, 6.45) is 1.61. The normalized spacial score (nSPS) is 21.2. The van der Waals surface area contributed by atoms with Gasteiger partial charge in [-0.1, -0.05) is 18.2 Å². The largest absolute Gasteiger partial charge is 0.363 e. The molecule has 0 radical (unpaired) electrons. The Morgan fingerprint density at radius 1 is 1.23 bits per heavy atom. The fraction of sp³-hybridized carbons (Fsp3) is 0.450. The van der Waals surface area contributed by atoms with Crippen LogP contribution in [0, 0.1) is 13.8 Å². The maximum atomic E-state index is 13.0. The van der Waals surface area contributed by atoms with Crippen molar-refractivity contribution in [2.75, 3.05) is 29.5 Å². The Hall–Kier alpha value is -2.08. The molecule has 0 amide bonds. The van der Waals surface area contributed by atoms with E-state index < -0.39 is 9.84 Å². The zero-order valence-corrected chi connectivity index (χ0v) is 16.1. The number of ketones is 1. The van der Waals surface area contributed by atoms with Crippen molar-refractivity contribution in [1.29, 1.82) is 0 Å². The highest BCUT2D eigenvalue weighted by molar-refractivity contribution is 7.91. The number of rotatable bonds is 4. The number of Topliss-reactive ketones (excluding diaryl/α,β-unsaturated/α-hetero) is 1. The van der Waals surface area contributed by atoms with E-state index in [-0.39, 0.29) is 23.3 Å². The molecule has 1 fully saturated rings. The number of hydrogen-bond acceptors (Lipinski definition) is 4. The summed E-state index contributed by atoms with van der Waals surface area (Å²) in [5, 5.41) is 0. The number of carbonyl (C=O) groups is 1. The van der Waals surface area contributed by atoms with Gasteiger partial charge in [0.2, 0.25) is 0 Å². The molecule has 0 saturated carbocycles. The lowest BCUT2D eigenvalue weighted by atomic mass is 10.1. The van der Waals surface area contributed by atoms with Crippen LogP contribution in [0.4, 0.5) is 5.69 Å². The first-order valence-electron chi connectivity index (χ1n) is 9.10. The minimum absolute atomic E-state index is 0.0472. The van der Waals surface area contributed by atoms with Crippen LogP contribution in [0.3, 0.4) is 0 Å². The Labute approximate surface area is 154 Å². The maximum absolute atomic E-state index is 13.0. The lowest BCUT2D eigenvalue weighted by Crippen LogP contribution is -2.28. The number of hydrogen-bond donors (Lipinski definition) is 0. The molecule has 1 atom stereocenters. The molecule has 3 heterocycles. The third kappa shape index (κ3) is 2.96. The Kier molecular flexibility index (Phi) is 4.18. The second kappa shape index (κ2) is 6.27. The Morgan fingerprint density at radius 3 is 2.73 bits per heavy atom. The van der Waals surface area contributed by atoms with E-state index in [1.807, 2.05) is 32.0 Å². The van der Waals surface area contributed by atoms with E-state index in [1.54, 1.807) is 0 Å². The van der Waals surface area contributed by atoms with E-state index in [1.165, 1.54) is 5.56 Å². The smallest absolute Gasteiger partial charge is 0.183 e. The summed E-state index contributed by atoms with van der Waals surface area (Å²) in [6, 6.07) is 10.1. The zero-order valence-electron chi connectivity index (χ0n) is 15.2. The van der Waals surface area contributed by atoms with Gasteiger partial charge in [-0.25, -0.2) is 8.42 Å². The molecule has 0 unspecified atom stereocenters. The quantitative estimate of drug-likeness (QED) is 0.775. The highest BCUT2D eigenvalue weighted by Gasteiger charge is 2.32. The molecule has 1 saturated heterocycles. The van der Waals surface area contributed by atoms with Crippen molar-refractivity contribution < 1.29 is 13.2 Å². The van der Waals surface area contributed by atoms with Gasteiger partial charge in [-0.2, -0.15) is 0 Å². The summed E-state index contributed by atoms with van der Waals surface area (Å²) < 4.78 is 25.7. The number of aryl methyl sites for hydroxylation is 1. The molecule has 1 aromatic heterocycles. The Morgan fingerprint density at radius 2 is 2.00 bits per heavy atom. The third-order valence-corrected chi connectivity index (χ3v) is 7.43. The molecule has 2 aliphatic rings. The van der Waals surface area contributed by atoms with Crippen LogP contribution in [0.5, 0.6) is 0 Å². The number of nitrogens with zero attached hydrogens (tertiary/aromatic N) is 2. The highest BCUT2D eigenvalue weighted by atomic mass is 32.2. The summed E-state index contributed by atoms with van der Waals surface area (Å²) in [7, 11) is -2.95. The van der Waals surface area contributed by atoms with Crippen molar-refractivity contribution in [2.45, 2.75) is 32.7 Å². The average molecular weight is 372 g/mol. The van der Waals surface area contributed by atoms with Gasteiger partial charge in [-0.05, 0) is 44.4 Å². The molecule has 5 nitrogen and oxygen atoms in total. The molecular formula is C20H24N2O3S. The maximum Gasteiger partial charge on any atom is 0.183 e. The zero-order chi connectivity index (χ0) is 18.5. The van der Waals surface area contributed by atoms with Crippen LogP contribution in [0.1, 0.15) is 39.8 Å². The van der Waals surface area contributed by atoms with E-state index in [0.717, 1.165) is 35.6 Å². The van der Waals surface area contributed by atoms with Crippen LogP contribution in [-0.2, 0) is 16.3 Å². The van der Waals surface area contributed by atoms with Gasteiger partial charge in [0.1, 0.15) is 0 Å². The number of aromatic nitrogens is 1. The predicted molar refractivity (Wildman–Crippen MR) is 103 cm³/mol. The van der Waals surface area contributed by atoms with Crippen LogP contribution in [-0.4, -0.2) is 43.4 Å². The number of benzene rings is 1. The van der Waals surface area contributed by atoms with Crippen molar-refractivity contribution >= 4 is 21.3 Å². The first-order chi connectivity index (χ1) is 12.4. The monoisotopic (exact) mass is 372 g/mol. The van der Waals surface area contributed by atoms with Gasteiger partial charge < -0.3 is 9.47 Å². The second-order valence-corrected chi connectivity index (χ2v) is 9.66. The highest BCUT2D eigenvalue weighted by Crippen LogP contribution is 2.31. The number of sulfone groups is 1. The first-order valence-corrected chi connectivity index (χ1v) is 10.9. The standard InChI is InChI=1S/C20H24N2O3S/c1-14-11-18(15(2)22(14)17-8-10-26(24,25)13-17)20(23)12-21-9-7-16-5-3-4-6-19(16)21/h3-6,11,17H,7-10,12-13H2,1-2H3/t17-/m1/s1.